The first-order valence-corrected chi connectivity index (χ1v) is 11.4. The van der Waals surface area contributed by atoms with E-state index < -0.39 is 0 Å². The molecule has 1 saturated heterocycles. The van der Waals surface area contributed by atoms with Crippen LogP contribution < -0.4 is 5.32 Å². The Hall–Kier alpha value is -1.95. The molecule has 4 nitrogen and oxygen atoms in total. The Morgan fingerprint density at radius 3 is 2.40 bits per heavy atom. The Morgan fingerprint density at radius 2 is 1.70 bits per heavy atom. The SMILES string of the molecule is CCN1CCN(Cc2cc(CNC3(c4ccccc4F)CCCC3)ccc2O)CC1. The van der Waals surface area contributed by atoms with Crippen LogP contribution >= 0.6 is 0 Å². The molecule has 0 bridgehead atoms. The summed E-state index contributed by atoms with van der Waals surface area (Å²) in [7, 11) is 0. The molecular formula is C25H34FN3O. The molecule has 1 aliphatic carbocycles. The van der Waals surface area contributed by atoms with Crippen LogP contribution in [0.1, 0.15) is 49.3 Å². The van der Waals surface area contributed by atoms with E-state index in [0.717, 1.165) is 81.6 Å². The van der Waals surface area contributed by atoms with Crippen LogP contribution in [0.5, 0.6) is 5.75 Å². The van der Waals surface area contributed by atoms with Gasteiger partial charge in [-0.25, -0.2) is 4.39 Å². The number of hydrogen-bond acceptors (Lipinski definition) is 4. The van der Waals surface area contributed by atoms with Gasteiger partial charge in [0.05, 0.1) is 0 Å². The molecule has 5 heteroatoms. The summed E-state index contributed by atoms with van der Waals surface area (Å²) >= 11 is 0. The quantitative estimate of drug-likeness (QED) is 0.715. The Kier molecular flexibility index (Phi) is 6.71. The van der Waals surface area contributed by atoms with Gasteiger partial charge in [0.15, 0.2) is 0 Å². The summed E-state index contributed by atoms with van der Waals surface area (Å²) in [5, 5.41) is 14.1. The molecule has 0 amide bonds. The normalized spacial score (nSPS) is 19.9. The summed E-state index contributed by atoms with van der Waals surface area (Å²) in [6.45, 7) is 8.99. The van der Waals surface area contributed by atoms with Gasteiger partial charge in [-0.05, 0) is 43.1 Å². The van der Waals surface area contributed by atoms with Crippen molar-refractivity contribution in [3.8, 4) is 5.75 Å². The molecule has 2 aromatic carbocycles. The maximum absolute atomic E-state index is 14.6. The van der Waals surface area contributed by atoms with Gasteiger partial charge in [-0.15, -0.1) is 0 Å². The van der Waals surface area contributed by atoms with Crippen LogP contribution in [0, 0.1) is 5.82 Å². The number of piperazine rings is 1. The molecule has 1 saturated carbocycles. The minimum absolute atomic E-state index is 0.121. The number of aromatic hydroxyl groups is 1. The number of likely N-dealkylation sites (N-methyl/N-ethyl adjacent to an activating group) is 1. The lowest BCUT2D eigenvalue weighted by Gasteiger charge is -2.34. The smallest absolute Gasteiger partial charge is 0.128 e. The van der Waals surface area contributed by atoms with Gasteiger partial charge in [-0.3, -0.25) is 4.90 Å². The van der Waals surface area contributed by atoms with Crippen LogP contribution in [0.25, 0.3) is 0 Å². The lowest BCUT2D eigenvalue weighted by molar-refractivity contribution is 0.131. The van der Waals surface area contributed by atoms with Crippen molar-refractivity contribution in [2.75, 3.05) is 32.7 Å². The zero-order valence-corrected chi connectivity index (χ0v) is 18.0. The first kappa shape index (κ1) is 21.3. The molecule has 0 aromatic heterocycles. The van der Waals surface area contributed by atoms with Gasteiger partial charge in [-0.2, -0.15) is 0 Å². The van der Waals surface area contributed by atoms with Crippen molar-refractivity contribution in [2.24, 2.45) is 0 Å². The van der Waals surface area contributed by atoms with E-state index >= 15 is 0 Å². The number of nitrogens with one attached hydrogen (secondary N) is 1. The van der Waals surface area contributed by atoms with Gasteiger partial charge < -0.3 is 15.3 Å². The molecule has 2 aromatic rings. The van der Waals surface area contributed by atoms with Crippen molar-refractivity contribution in [2.45, 2.75) is 51.2 Å². The third-order valence-electron chi connectivity index (χ3n) is 6.93. The van der Waals surface area contributed by atoms with Crippen molar-refractivity contribution >= 4 is 0 Å². The van der Waals surface area contributed by atoms with Crippen molar-refractivity contribution < 1.29 is 9.50 Å². The van der Waals surface area contributed by atoms with E-state index in [1.165, 1.54) is 0 Å². The fraction of sp³-hybridized carbons (Fsp3) is 0.520. The van der Waals surface area contributed by atoms with E-state index in [1.807, 2.05) is 18.2 Å². The Labute approximate surface area is 179 Å². The molecule has 30 heavy (non-hydrogen) atoms. The number of nitrogens with zero attached hydrogens (tertiary/aromatic N) is 2. The van der Waals surface area contributed by atoms with Crippen LogP contribution in [0.4, 0.5) is 4.39 Å². The largest absolute Gasteiger partial charge is 0.508 e. The van der Waals surface area contributed by atoms with Crippen LogP contribution in [-0.4, -0.2) is 47.6 Å². The van der Waals surface area contributed by atoms with E-state index in [0.29, 0.717) is 12.3 Å². The average Bonchev–Trinajstić information content (AvgIpc) is 3.25. The summed E-state index contributed by atoms with van der Waals surface area (Å²) in [4.78, 5) is 4.87. The molecular weight excluding hydrogens is 377 g/mol. The predicted octanol–water partition coefficient (Wildman–Crippen LogP) is 4.23. The van der Waals surface area contributed by atoms with Gasteiger partial charge in [-0.1, -0.05) is 44.0 Å². The second-order valence-electron chi connectivity index (χ2n) is 8.80. The number of phenolic OH excluding ortho intramolecular Hbond substituents is 1. The second kappa shape index (κ2) is 9.46. The van der Waals surface area contributed by atoms with E-state index in [4.69, 9.17) is 0 Å². The molecule has 2 fully saturated rings. The number of benzene rings is 2. The van der Waals surface area contributed by atoms with Gasteiger partial charge in [0.1, 0.15) is 11.6 Å². The highest BCUT2D eigenvalue weighted by molar-refractivity contribution is 5.36. The zero-order valence-electron chi connectivity index (χ0n) is 18.0. The summed E-state index contributed by atoms with van der Waals surface area (Å²) < 4.78 is 14.6. The molecule has 162 valence electrons. The van der Waals surface area contributed by atoms with Crippen LogP contribution in [0.15, 0.2) is 42.5 Å². The Bertz CT molecular complexity index is 842. The second-order valence-corrected chi connectivity index (χ2v) is 8.80. The number of hydrogen-bond donors (Lipinski definition) is 2. The van der Waals surface area contributed by atoms with Gasteiger partial charge >= 0.3 is 0 Å². The number of phenols is 1. The lowest BCUT2D eigenvalue weighted by atomic mass is 9.87. The molecule has 1 aliphatic heterocycles. The van der Waals surface area contributed by atoms with Crippen LogP contribution in [0.2, 0.25) is 0 Å². The molecule has 0 spiro atoms. The first-order chi connectivity index (χ1) is 14.6. The molecule has 0 radical (unpaired) electrons. The van der Waals surface area contributed by atoms with E-state index in [9.17, 15) is 9.50 Å². The maximum Gasteiger partial charge on any atom is 0.128 e. The van der Waals surface area contributed by atoms with Gasteiger partial charge in [0, 0.05) is 55.9 Å². The molecule has 1 heterocycles. The number of rotatable bonds is 7. The van der Waals surface area contributed by atoms with E-state index in [1.54, 1.807) is 18.2 Å². The molecule has 2 N–H and O–H groups in total. The maximum atomic E-state index is 14.6. The zero-order chi connectivity index (χ0) is 21.0. The monoisotopic (exact) mass is 411 g/mol. The molecule has 0 atom stereocenters. The highest BCUT2D eigenvalue weighted by Gasteiger charge is 2.37. The Balaban J connectivity index is 1.44. The third kappa shape index (κ3) is 4.69. The summed E-state index contributed by atoms with van der Waals surface area (Å²) in [5.41, 5.74) is 2.61. The average molecular weight is 412 g/mol. The Morgan fingerprint density at radius 1 is 1.00 bits per heavy atom. The van der Waals surface area contributed by atoms with Gasteiger partial charge in [0.2, 0.25) is 0 Å². The van der Waals surface area contributed by atoms with Crippen molar-refractivity contribution in [3.63, 3.8) is 0 Å². The fourth-order valence-electron chi connectivity index (χ4n) is 5.02. The van der Waals surface area contributed by atoms with Crippen LogP contribution in [-0.2, 0) is 18.6 Å². The third-order valence-corrected chi connectivity index (χ3v) is 6.93. The predicted molar refractivity (Wildman–Crippen MR) is 119 cm³/mol. The minimum atomic E-state index is -0.292. The first-order valence-electron chi connectivity index (χ1n) is 11.4. The molecule has 0 unspecified atom stereocenters. The lowest BCUT2D eigenvalue weighted by Crippen LogP contribution is -2.45. The molecule has 2 aliphatic rings. The summed E-state index contributed by atoms with van der Waals surface area (Å²) in [6, 6.07) is 13.1. The minimum Gasteiger partial charge on any atom is -0.508 e. The summed E-state index contributed by atoms with van der Waals surface area (Å²) in [5.74, 6) is 0.242. The van der Waals surface area contributed by atoms with Crippen LogP contribution in [0.3, 0.4) is 0 Å². The summed E-state index contributed by atoms with van der Waals surface area (Å²) in [6.07, 6.45) is 4.15. The van der Waals surface area contributed by atoms with Gasteiger partial charge in [0.25, 0.3) is 0 Å². The highest BCUT2D eigenvalue weighted by Crippen LogP contribution is 2.40. The van der Waals surface area contributed by atoms with Crippen molar-refractivity contribution in [3.05, 3.63) is 65.0 Å². The van der Waals surface area contributed by atoms with Crippen molar-refractivity contribution in [1.82, 2.24) is 15.1 Å². The molecule has 4 rings (SSSR count). The standard InChI is InChI=1S/C25H34FN3O/c1-2-28-13-15-29(16-14-28)19-21-17-20(9-10-24(21)30)18-27-25(11-5-6-12-25)22-7-3-4-8-23(22)26/h3-4,7-10,17,27,30H,2,5-6,11-16,18-19H2,1H3. The van der Waals surface area contributed by atoms with E-state index in [-0.39, 0.29) is 11.4 Å². The number of halogens is 1. The highest BCUT2D eigenvalue weighted by atomic mass is 19.1. The fourth-order valence-corrected chi connectivity index (χ4v) is 5.02. The van der Waals surface area contributed by atoms with E-state index in [2.05, 4.69) is 28.1 Å². The topological polar surface area (TPSA) is 38.7 Å². The van der Waals surface area contributed by atoms with Crippen molar-refractivity contribution in [1.29, 1.82) is 0 Å².